The van der Waals surface area contributed by atoms with Gasteiger partial charge in [-0.1, -0.05) is 30.7 Å². The largest absolute Gasteiger partial charge is 0.478 e. The molecule has 3 nitrogen and oxygen atoms in total. The topological polar surface area (TPSA) is 49.3 Å². The Balaban J connectivity index is 2.24. The fourth-order valence-corrected chi connectivity index (χ4v) is 2.22. The SMILES string of the molecule is CCC(Nc1ccc(F)c(C(=O)O)c1)c1ccc(Cl)cc1. The van der Waals surface area contributed by atoms with Crippen LogP contribution in [0.15, 0.2) is 42.5 Å². The molecular formula is C16H15ClFNO2. The van der Waals surface area contributed by atoms with E-state index < -0.39 is 11.8 Å². The highest BCUT2D eigenvalue weighted by Gasteiger charge is 2.13. The second-order valence-electron chi connectivity index (χ2n) is 4.66. The van der Waals surface area contributed by atoms with Gasteiger partial charge in [-0.2, -0.15) is 0 Å². The Bertz CT molecular complexity index is 643. The van der Waals surface area contributed by atoms with E-state index in [0.29, 0.717) is 10.7 Å². The lowest BCUT2D eigenvalue weighted by molar-refractivity contribution is 0.0692. The Morgan fingerprint density at radius 2 is 1.95 bits per heavy atom. The molecule has 0 spiro atoms. The molecule has 0 aromatic heterocycles. The molecule has 2 aromatic rings. The van der Waals surface area contributed by atoms with E-state index in [1.54, 1.807) is 12.1 Å². The van der Waals surface area contributed by atoms with Crippen LogP contribution in [0.3, 0.4) is 0 Å². The third-order valence-corrected chi connectivity index (χ3v) is 3.47. The van der Waals surface area contributed by atoms with E-state index in [9.17, 15) is 9.18 Å². The number of rotatable bonds is 5. The van der Waals surface area contributed by atoms with E-state index in [2.05, 4.69) is 5.32 Å². The Kier molecular flexibility index (Phi) is 4.81. The van der Waals surface area contributed by atoms with Gasteiger partial charge in [-0.25, -0.2) is 9.18 Å². The van der Waals surface area contributed by atoms with Crippen molar-refractivity contribution in [2.24, 2.45) is 0 Å². The van der Waals surface area contributed by atoms with Gasteiger partial charge in [-0.05, 0) is 42.3 Å². The second kappa shape index (κ2) is 6.59. The molecule has 0 heterocycles. The molecule has 1 atom stereocenters. The number of anilines is 1. The number of carbonyl (C=O) groups is 1. The maximum atomic E-state index is 13.4. The fraction of sp³-hybridized carbons (Fsp3) is 0.188. The maximum absolute atomic E-state index is 13.4. The van der Waals surface area contributed by atoms with Crippen LogP contribution < -0.4 is 5.32 Å². The average molecular weight is 308 g/mol. The summed E-state index contributed by atoms with van der Waals surface area (Å²) in [6.45, 7) is 2.01. The van der Waals surface area contributed by atoms with Crippen molar-refractivity contribution in [3.63, 3.8) is 0 Å². The normalized spacial score (nSPS) is 12.0. The Morgan fingerprint density at radius 1 is 1.29 bits per heavy atom. The molecule has 0 fully saturated rings. The zero-order chi connectivity index (χ0) is 15.4. The van der Waals surface area contributed by atoms with Crippen LogP contribution in [0, 0.1) is 5.82 Å². The summed E-state index contributed by atoms with van der Waals surface area (Å²) < 4.78 is 13.4. The quantitative estimate of drug-likeness (QED) is 0.838. The second-order valence-corrected chi connectivity index (χ2v) is 5.09. The van der Waals surface area contributed by atoms with Gasteiger partial charge in [0.2, 0.25) is 0 Å². The molecule has 0 amide bonds. The molecule has 1 unspecified atom stereocenters. The zero-order valence-electron chi connectivity index (χ0n) is 11.4. The van der Waals surface area contributed by atoms with Crippen LogP contribution in [0.25, 0.3) is 0 Å². The number of hydrogen-bond acceptors (Lipinski definition) is 2. The first kappa shape index (κ1) is 15.3. The third-order valence-electron chi connectivity index (χ3n) is 3.22. The Labute approximate surface area is 127 Å². The van der Waals surface area contributed by atoms with Crippen molar-refractivity contribution in [3.05, 3.63) is 64.4 Å². The van der Waals surface area contributed by atoms with Gasteiger partial charge >= 0.3 is 5.97 Å². The van der Waals surface area contributed by atoms with Crippen LogP contribution in [-0.4, -0.2) is 11.1 Å². The predicted octanol–water partition coefficient (Wildman–Crippen LogP) is 4.74. The van der Waals surface area contributed by atoms with Gasteiger partial charge in [0.05, 0.1) is 11.6 Å². The molecule has 2 rings (SSSR count). The summed E-state index contributed by atoms with van der Waals surface area (Å²) in [5, 5.41) is 12.8. The predicted molar refractivity (Wildman–Crippen MR) is 81.5 cm³/mol. The average Bonchev–Trinajstić information content (AvgIpc) is 2.47. The van der Waals surface area contributed by atoms with Gasteiger partial charge in [-0.3, -0.25) is 0 Å². The van der Waals surface area contributed by atoms with Crippen LogP contribution in [0.2, 0.25) is 5.02 Å². The first-order chi connectivity index (χ1) is 10.0. The third kappa shape index (κ3) is 3.73. The smallest absolute Gasteiger partial charge is 0.338 e. The summed E-state index contributed by atoms with van der Waals surface area (Å²) in [6.07, 6.45) is 0.793. The molecule has 110 valence electrons. The van der Waals surface area contributed by atoms with Gasteiger partial charge in [0.25, 0.3) is 0 Å². The van der Waals surface area contributed by atoms with Gasteiger partial charge in [-0.15, -0.1) is 0 Å². The standard InChI is InChI=1S/C16H15ClFNO2/c1-2-15(10-3-5-11(17)6-4-10)19-12-7-8-14(18)13(9-12)16(20)21/h3-9,15,19H,2H2,1H3,(H,20,21). The van der Waals surface area contributed by atoms with Crippen molar-refractivity contribution >= 4 is 23.3 Å². The summed E-state index contributed by atoms with van der Waals surface area (Å²) in [5.41, 5.74) is 1.25. The first-order valence-electron chi connectivity index (χ1n) is 6.56. The van der Waals surface area contributed by atoms with E-state index >= 15 is 0 Å². The molecular weight excluding hydrogens is 293 g/mol. The highest BCUT2D eigenvalue weighted by Crippen LogP contribution is 2.25. The molecule has 0 radical (unpaired) electrons. The van der Waals surface area contributed by atoms with Crippen molar-refractivity contribution in [1.29, 1.82) is 0 Å². The van der Waals surface area contributed by atoms with Gasteiger partial charge in [0.1, 0.15) is 5.82 Å². The molecule has 0 saturated heterocycles. The van der Waals surface area contributed by atoms with Crippen LogP contribution in [0.4, 0.5) is 10.1 Å². The molecule has 5 heteroatoms. The number of aromatic carboxylic acids is 1. The minimum atomic E-state index is -1.28. The number of carboxylic acid groups (broad SMARTS) is 1. The Hall–Kier alpha value is -2.07. The molecule has 0 saturated carbocycles. The molecule has 2 N–H and O–H groups in total. The van der Waals surface area contributed by atoms with E-state index in [-0.39, 0.29) is 11.6 Å². The molecule has 0 aliphatic rings. The zero-order valence-corrected chi connectivity index (χ0v) is 12.2. The maximum Gasteiger partial charge on any atom is 0.338 e. The monoisotopic (exact) mass is 307 g/mol. The van der Waals surface area contributed by atoms with Crippen molar-refractivity contribution in [1.82, 2.24) is 0 Å². The first-order valence-corrected chi connectivity index (χ1v) is 6.94. The van der Waals surface area contributed by atoms with Crippen LogP contribution in [0.1, 0.15) is 35.3 Å². The summed E-state index contributed by atoms with van der Waals surface area (Å²) in [6, 6.07) is 11.4. The van der Waals surface area contributed by atoms with Crippen molar-refractivity contribution in [2.75, 3.05) is 5.32 Å². The van der Waals surface area contributed by atoms with Crippen LogP contribution in [0.5, 0.6) is 0 Å². The summed E-state index contributed by atoms with van der Waals surface area (Å²) >= 11 is 5.87. The molecule has 0 aliphatic carbocycles. The van der Waals surface area contributed by atoms with E-state index in [0.717, 1.165) is 18.1 Å². The molecule has 0 bridgehead atoms. The molecule has 0 aliphatic heterocycles. The lowest BCUT2D eigenvalue weighted by atomic mass is 10.0. The number of nitrogens with one attached hydrogen (secondary N) is 1. The van der Waals surface area contributed by atoms with E-state index in [4.69, 9.17) is 16.7 Å². The Morgan fingerprint density at radius 3 is 2.52 bits per heavy atom. The van der Waals surface area contributed by atoms with E-state index in [1.165, 1.54) is 12.1 Å². The molecule has 21 heavy (non-hydrogen) atoms. The molecule has 2 aromatic carbocycles. The summed E-state index contributed by atoms with van der Waals surface area (Å²) in [4.78, 5) is 11.0. The number of halogens is 2. The van der Waals surface area contributed by atoms with Gasteiger partial charge in [0.15, 0.2) is 0 Å². The lowest BCUT2D eigenvalue weighted by Crippen LogP contribution is -2.11. The fourth-order valence-electron chi connectivity index (χ4n) is 2.10. The number of carboxylic acids is 1. The van der Waals surface area contributed by atoms with Crippen LogP contribution in [-0.2, 0) is 0 Å². The summed E-state index contributed by atoms with van der Waals surface area (Å²) in [5.74, 6) is -2.02. The highest BCUT2D eigenvalue weighted by molar-refractivity contribution is 6.30. The van der Waals surface area contributed by atoms with Gasteiger partial charge in [0, 0.05) is 10.7 Å². The minimum Gasteiger partial charge on any atom is -0.478 e. The minimum absolute atomic E-state index is 0.00521. The number of hydrogen-bond donors (Lipinski definition) is 2. The number of benzene rings is 2. The van der Waals surface area contributed by atoms with Crippen molar-refractivity contribution in [2.45, 2.75) is 19.4 Å². The van der Waals surface area contributed by atoms with Crippen molar-refractivity contribution < 1.29 is 14.3 Å². The van der Waals surface area contributed by atoms with Gasteiger partial charge < -0.3 is 10.4 Å². The van der Waals surface area contributed by atoms with E-state index in [1.807, 2.05) is 19.1 Å². The lowest BCUT2D eigenvalue weighted by Gasteiger charge is -2.19. The summed E-state index contributed by atoms with van der Waals surface area (Å²) in [7, 11) is 0. The van der Waals surface area contributed by atoms with Crippen molar-refractivity contribution in [3.8, 4) is 0 Å². The van der Waals surface area contributed by atoms with Crippen LogP contribution >= 0.6 is 11.6 Å². The highest BCUT2D eigenvalue weighted by atomic mass is 35.5.